The molecule has 0 atom stereocenters. The molecule has 2 heteroatoms. The van der Waals surface area contributed by atoms with E-state index in [4.69, 9.17) is 4.42 Å². The Labute approximate surface area is 230 Å². The van der Waals surface area contributed by atoms with E-state index in [2.05, 4.69) is 143 Å². The molecule has 0 bridgehead atoms. The molecule has 0 unspecified atom stereocenters. The smallest absolute Gasteiger partial charge is 0.135 e. The maximum atomic E-state index is 6.31. The molecule has 0 saturated carbocycles. The molecule has 0 radical (unpaired) electrons. The summed E-state index contributed by atoms with van der Waals surface area (Å²) in [6, 6.07) is 39.4. The first kappa shape index (κ1) is 23.8. The van der Waals surface area contributed by atoms with Gasteiger partial charge in [0.05, 0.1) is 5.69 Å². The van der Waals surface area contributed by atoms with Crippen LogP contribution in [0.15, 0.2) is 114 Å². The van der Waals surface area contributed by atoms with Gasteiger partial charge in [-0.25, -0.2) is 0 Å². The fourth-order valence-electron chi connectivity index (χ4n) is 6.45. The molecule has 1 heterocycles. The Balaban J connectivity index is 1.51. The summed E-state index contributed by atoms with van der Waals surface area (Å²) in [5.74, 6) is 0. The number of rotatable bonds is 3. The second-order valence-corrected chi connectivity index (χ2v) is 12.3. The molecule has 0 saturated heterocycles. The van der Waals surface area contributed by atoms with E-state index in [0.717, 1.165) is 22.5 Å². The highest BCUT2D eigenvalue weighted by atomic mass is 16.3. The van der Waals surface area contributed by atoms with Crippen LogP contribution in [0.2, 0.25) is 0 Å². The van der Waals surface area contributed by atoms with Crippen LogP contribution in [0.1, 0.15) is 51.3 Å². The third kappa shape index (κ3) is 3.55. The summed E-state index contributed by atoms with van der Waals surface area (Å²) in [6.07, 6.45) is 0. The van der Waals surface area contributed by atoms with Gasteiger partial charge in [0.15, 0.2) is 0 Å². The maximum Gasteiger partial charge on any atom is 0.135 e. The van der Waals surface area contributed by atoms with Gasteiger partial charge >= 0.3 is 0 Å². The van der Waals surface area contributed by atoms with Crippen molar-refractivity contribution in [2.24, 2.45) is 0 Å². The largest absolute Gasteiger partial charge is 0.456 e. The Morgan fingerprint density at radius 2 is 1.33 bits per heavy atom. The zero-order valence-corrected chi connectivity index (χ0v) is 23.2. The van der Waals surface area contributed by atoms with Crippen molar-refractivity contribution in [3.8, 4) is 11.1 Å². The molecule has 5 aromatic carbocycles. The molecule has 1 aliphatic rings. The van der Waals surface area contributed by atoms with Gasteiger partial charge in [-0.1, -0.05) is 101 Å². The van der Waals surface area contributed by atoms with Crippen LogP contribution in [0.5, 0.6) is 0 Å². The van der Waals surface area contributed by atoms with Gasteiger partial charge in [0.25, 0.3) is 0 Å². The minimum absolute atomic E-state index is 0.103. The summed E-state index contributed by atoms with van der Waals surface area (Å²) in [7, 11) is 0. The average Bonchev–Trinajstić information content (AvgIpc) is 3.42. The summed E-state index contributed by atoms with van der Waals surface area (Å²) >= 11 is 0. The van der Waals surface area contributed by atoms with Gasteiger partial charge in [0, 0.05) is 33.1 Å². The van der Waals surface area contributed by atoms with E-state index < -0.39 is 0 Å². The van der Waals surface area contributed by atoms with Gasteiger partial charge in [-0.2, -0.15) is 0 Å². The number of furan rings is 1. The third-order valence-corrected chi connectivity index (χ3v) is 8.40. The van der Waals surface area contributed by atoms with E-state index in [-0.39, 0.29) is 10.8 Å². The standard InChI is InChI=1S/C37H33NO/c1-36(2,3)24-18-20-26(21-19-24)38(25-12-7-6-8-13-25)30-16-11-15-29-33(30)28-22-23-32-34(35(28)37(29,4)5)27-14-9-10-17-31(27)39-32/h6-23H,1-5H3. The molecule has 7 rings (SSSR count). The Bertz CT molecular complexity index is 1850. The summed E-state index contributed by atoms with van der Waals surface area (Å²) in [5.41, 5.74) is 11.9. The van der Waals surface area contributed by atoms with Crippen molar-refractivity contribution >= 4 is 39.0 Å². The first-order valence-electron chi connectivity index (χ1n) is 13.8. The van der Waals surface area contributed by atoms with E-state index >= 15 is 0 Å². The van der Waals surface area contributed by atoms with Gasteiger partial charge in [0.2, 0.25) is 0 Å². The summed E-state index contributed by atoms with van der Waals surface area (Å²) in [4.78, 5) is 2.41. The van der Waals surface area contributed by atoms with Crippen LogP contribution in [0.3, 0.4) is 0 Å². The number of nitrogens with zero attached hydrogens (tertiary/aromatic N) is 1. The van der Waals surface area contributed by atoms with Crippen LogP contribution in [0.25, 0.3) is 33.1 Å². The summed E-state index contributed by atoms with van der Waals surface area (Å²) in [6.45, 7) is 11.5. The SMILES string of the molecule is CC(C)(C)c1ccc(N(c2ccccc2)c2cccc3c2-c2ccc4oc5ccccc5c4c2C3(C)C)cc1. The lowest BCUT2D eigenvalue weighted by Crippen LogP contribution is -2.16. The molecule has 0 fully saturated rings. The molecule has 0 amide bonds. The van der Waals surface area contributed by atoms with Crippen molar-refractivity contribution in [2.45, 2.75) is 45.4 Å². The second kappa shape index (κ2) is 8.35. The number of fused-ring (bicyclic) bond motifs is 7. The zero-order chi connectivity index (χ0) is 26.9. The normalized spacial score (nSPS) is 14.0. The van der Waals surface area contributed by atoms with Crippen molar-refractivity contribution in [3.05, 3.63) is 126 Å². The van der Waals surface area contributed by atoms with E-state index in [1.165, 1.54) is 44.3 Å². The number of para-hydroxylation sites is 2. The van der Waals surface area contributed by atoms with Crippen LogP contribution < -0.4 is 4.90 Å². The first-order valence-corrected chi connectivity index (χ1v) is 13.8. The van der Waals surface area contributed by atoms with E-state index in [0.29, 0.717) is 0 Å². The van der Waals surface area contributed by atoms with Crippen molar-refractivity contribution in [1.29, 1.82) is 0 Å². The van der Waals surface area contributed by atoms with Crippen molar-refractivity contribution < 1.29 is 4.42 Å². The van der Waals surface area contributed by atoms with Gasteiger partial charge in [-0.3, -0.25) is 0 Å². The van der Waals surface area contributed by atoms with Crippen molar-refractivity contribution in [3.63, 3.8) is 0 Å². The summed E-state index contributed by atoms with van der Waals surface area (Å²) in [5, 5.41) is 2.42. The number of hydrogen-bond donors (Lipinski definition) is 0. The van der Waals surface area contributed by atoms with Crippen molar-refractivity contribution in [1.82, 2.24) is 0 Å². The van der Waals surface area contributed by atoms with Gasteiger partial charge in [-0.15, -0.1) is 0 Å². The van der Waals surface area contributed by atoms with Crippen LogP contribution in [0, 0.1) is 0 Å². The Morgan fingerprint density at radius 3 is 2.08 bits per heavy atom. The number of benzene rings is 5. The molecule has 1 aromatic heterocycles. The molecule has 0 N–H and O–H groups in total. The lowest BCUT2D eigenvalue weighted by Gasteiger charge is -2.29. The van der Waals surface area contributed by atoms with Crippen molar-refractivity contribution in [2.75, 3.05) is 4.90 Å². The number of hydrogen-bond acceptors (Lipinski definition) is 2. The molecular weight excluding hydrogens is 474 g/mol. The molecule has 192 valence electrons. The minimum Gasteiger partial charge on any atom is -0.456 e. The minimum atomic E-state index is -0.175. The van der Waals surface area contributed by atoms with Crippen LogP contribution >= 0.6 is 0 Å². The molecule has 2 nitrogen and oxygen atoms in total. The second-order valence-electron chi connectivity index (χ2n) is 12.3. The topological polar surface area (TPSA) is 16.4 Å². The van der Waals surface area contributed by atoms with Crippen LogP contribution in [0.4, 0.5) is 17.1 Å². The molecule has 0 aliphatic heterocycles. The number of anilines is 3. The Morgan fingerprint density at radius 1 is 0.641 bits per heavy atom. The third-order valence-electron chi connectivity index (χ3n) is 8.40. The molecule has 1 aliphatic carbocycles. The fourth-order valence-corrected chi connectivity index (χ4v) is 6.45. The molecule has 39 heavy (non-hydrogen) atoms. The Kier molecular flexibility index (Phi) is 5.09. The van der Waals surface area contributed by atoms with Crippen LogP contribution in [-0.2, 0) is 10.8 Å². The highest BCUT2D eigenvalue weighted by molar-refractivity contribution is 6.12. The van der Waals surface area contributed by atoms with Gasteiger partial charge < -0.3 is 9.32 Å². The quantitative estimate of drug-likeness (QED) is 0.237. The average molecular weight is 508 g/mol. The van der Waals surface area contributed by atoms with Gasteiger partial charge in [0.1, 0.15) is 11.2 Å². The van der Waals surface area contributed by atoms with Crippen LogP contribution in [-0.4, -0.2) is 0 Å². The van der Waals surface area contributed by atoms with E-state index in [1.807, 2.05) is 6.07 Å². The maximum absolute atomic E-state index is 6.31. The van der Waals surface area contributed by atoms with Gasteiger partial charge in [-0.05, 0) is 70.1 Å². The van der Waals surface area contributed by atoms with E-state index in [9.17, 15) is 0 Å². The Hall–Kier alpha value is -4.30. The lowest BCUT2D eigenvalue weighted by atomic mass is 9.80. The predicted octanol–water partition coefficient (Wildman–Crippen LogP) is 10.7. The predicted molar refractivity (Wildman–Crippen MR) is 165 cm³/mol. The monoisotopic (exact) mass is 507 g/mol. The molecule has 0 spiro atoms. The highest BCUT2D eigenvalue weighted by Crippen LogP contribution is 2.57. The van der Waals surface area contributed by atoms with E-state index in [1.54, 1.807) is 0 Å². The first-order chi connectivity index (χ1) is 18.7. The zero-order valence-electron chi connectivity index (χ0n) is 23.2. The molecule has 6 aromatic rings. The fraction of sp³-hybridized carbons (Fsp3) is 0.189. The summed E-state index contributed by atoms with van der Waals surface area (Å²) < 4.78 is 6.31. The molecular formula is C37H33NO. The highest BCUT2D eigenvalue weighted by Gasteiger charge is 2.40. The lowest BCUT2D eigenvalue weighted by molar-refractivity contribution is 0.590.